The van der Waals surface area contributed by atoms with Crippen molar-refractivity contribution in [3.8, 4) is 11.4 Å². The molecule has 0 aliphatic rings. The largest absolute Gasteiger partial charge is 0.337 e. The lowest BCUT2D eigenvalue weighted by atomic mass is 10.2. The van der Waals surface area contributed by atoms with Gasteiger partial charge in [0.2, 0.25) is 11.7 Å². The standard InChI is InChI=1S/C12H15N3O/c1-2-6-10(13)12-14-11(15-16-12)9-7-4-3-5-8-9/h3-5,7-8,10H,2,6,13H2,1H3/t10-/m1/s1. The van der Waals surface area contributed by atoms with Gasteiger partial charge in [0.15, 0.2) is 0 Å². The smallest absolute Gasteiger partial charge is 0.243 e. The van der Waals surface area contributed by atoms with Crippen LogP contribution >= 0.6 is 0 Å². The molecule has 1 atom stereocenters. The van der Waals surface area contributed by atoms with Crippen LogP contribution in [0, 0.1) is 0 Å². The predicted molar refractivity (Wildman–Crippen MR) is 61.6 cm³/mol. The molecule has 0 aliphatic heterocycles. The van der Waals surface area contributed by atoms with Crippen molar-refractivity contribution in [2.75, 3.05) is 0 Å². The van der Waals surface area contributed by atoms with Crippen molar-refractivity contribution in [2.24, 2.45) is 5.73 Å². The van der Waals surface area contributed by atoms with Crippen LogP contribution in [0.3, 0.4) is 0 Å². The van der Waals surface area contributed by atoms with Crippen LogP contribution < -0.4 is 5.73 Å². The van der Waals surface area contributed by atoms with Crippen LogP contribution in [0.25, 0.3) is 11.4 Å². The molecule has 4 heteroatoms. The second-order valence-corrected chi connectivity index (χ2v) is 3.72. The lowest BCUT2D eigenvalue weighted by Gasteiger charge is -2.02. The molecule has 0 bridgehead atoms. The first-order chi connectivity index (χ1) is 7.81. The van der Waals surface area contributed by atoms with Gasteiger partial charge in [0, 0.05) is 5.56 Å². The van der Waals surface area contributed by atoms with Gasteiger partial charge in [-0.3, -0.25) is 0 Å². The maximum Gasteiger partial charge on any atom is 0.243 e. The first kappa shape index (κ1) is 10.8. The highest BCUT2D eigenvalue weighted by Crippen LogP contribution is 2.19. The van der Waals surface area contributed by atoms with E-state index in [0.717, 1.165) is 18.4 Å². The number of rotatable bonds is 4. The fraction of sp³-hybridized carbons (Fsp3) is 0.333. The number of aromatic nitrogens is 2. The minimum Gasteiger partial charge on any atom is -0.337 e. The lowest BCUT2D eigenvalue weighted by molar-refractivity contribution is 0.348. The third kappa shape index (κ3) is 2.28. The molecule has 4 nitrogen and oxygen atoms in total. The number of nitrogens with two attached hydrogens (primary N) is 1. The van der Waals surface area contributed by atoms with Crippen molar-refractivity contribution in [2.45, 2.75) is 25.8 Å². The molecule has 2 rings (SSSR count). The fourth-order valence-corrected chi connectivity index (χ4v) is 1.52. The summed E-state index contributed by atoms with van der Waals surface area (Å²) < 4.78 is 5.15. The molecule has 2 N–H and O–H groups in total. The number of hydrogen-bond acceptors (Lipinski definition) is 4. The normalized spacial score (nSPS) is 12.6. The third-order valence-electron chi connectivity index (χ3n) is 2.39. The molecule has 2 aromatic rings. The van der Waals surface area contributed by atoms with Crippen LogP contribution in [0.4, 0.5) is 0 Å². The predicted octanol–water partition coefficient (Wildman–Crippen LogP) is 2.54. The Morgan fingerprint density at radius 3 is 2.75 bits per heavy atom. The molecule has 84 valence electrons. The Hall–Kier alpha value is -1.68. The Kier molecular flexibility index (Phi) is 3.31. The van der Waals surface area contributed by atoms with Gasteiger partial charge in [0.05, 0.1) is 6.04 Å². The second kappa shape index (κ2) is 4.90. The molecule has 0 radical (unpaired) electrons. The topological polar surface area (TPSA) is 64.9 Å². The zero-order valence-corrected chi connectivity index (χ0v) is 9.26. The number of hydrogen-bond donors (Lipinski definition) is 1. The maximum absolute atomic E-state index is 5.90. The molecule has 0 saturated heterocycles. The van der Waals surface area contributed by atoms with Crippen LogP contribution in [-0.4, -0.2) is 10.1 Å². The van der Waals surface area contributed by atoms with Gasteiger partial charge >= 0.3 is 0 Å². The van der Waals surface area contributed by atoms with E-state index in [4.69, 9.17) is 10.3 Å². The van der Waals surface area contributed by atoms with Gasteiger partial charge in [-0.25, -0.2) is 0 Å². The van der Waals surface area contributed by atoms with Gasteiger partial charge in [0.1, 0.15) is 0 Å². The summed E-state index contributed by atoms with van der Waals surface area (Å²) in [6.45, 7) is 2.08. The van der Waals surface area contributed by atoms with Gasteiger partial charge in [0.25, 0.3) is 0 Å². The molecular formula is C12H15N3O. The molecule has 0 fully saturated rings. The van der Waals surface area contributed by atoms with E-state index >= 15 is 0 Å². The van der Waals surface area contributed by atoms with Crippen LogP contribution in [0.5, 0.6) is 0 Å². The Balaban J connectivity index is 2.20. The lowest BCUT2D eigenvalue weighted by Crippen LogP contribution is -2.09. The van der Waals surface area contributed by atoms with E-state index in [1.165, 1.54) is 0 Å². The summed E-state index contributed by atoms with van der Waals surface area (Å²) in [6, 6.07) is 9.57. The summed E-state index contributed by atoms with van der Waals surface area (Å²) in [5.41, 5.74) is 6.85. The molecule has 16 heavy (non-hydrogen) atoms. The molecule has 0 spiro atoms. The summed E-state index contributed by atoms with van der Waals surface area (Å²) >= 11 is 0. The molecule has 1 aromatic carbocycles. The highest BCUT2D eigenvalue weighted by atomic mass is 16.5. The monoisotopic (exact) mass is 217 g/mol. The summed E-state index contributed by atoms with van der Waals surface area (Å²) in [5, 5.41) is 3.92. The molecular weight excluding hydrogens is 202 g/mol. The minimum atomic E-state index is -0.157. The Bertz CT molecular complexity index is 439. The zero-order chi connectivity index (χ0) is 11.4. The van der Waals surface area contributed by atoms with Crippen molar-refractivity contribution in [3.05, 3.63) is 36.2 Å². The van der Waals surface area contributed by atoms with Crippen molar-refractivity contribution in [3.63, 3.8) is 0 Å². The molecule has 0 aliphatic carbocycles. The van der Waals surface area contributed by atoms with Crippen LogP contribution in [0.2, 0.25) is 0 Å². The average Bonchev–Trinajstić information content (AvgIpc) is 2.80. The van der Waals surface area contributed by atoms with Crippen LogP contribution in [0.1, 0.15) is 31.7 Å². The third-order valence-corrected chi connectivity index (χ3v) is 2.39. The van der Waals surface area contributed by atoms with E-state index in [1.807, 2.05) is 30.3 Å². The van der Waals surface area contributed by atoms with Gasteiger partial charge < -0.3 is 10.3 Å². The van der Waals surface area contributed by atoms with E-state index in [-0.39, 0.29) is 6.04 Å². The highest BCUT2D eigenvalue weighted by Gasteiger charge is 2.14. The zero-order valence-electron chi connectivity index (χ0n) is 9.26. The summed E-state index contributed by atoms with van der Waals surface area (Å²) in [7, 11) is 0. The van der Waals surface area contributed by atoms with Crippen molar-refractivity contribution in [1.29, 1.82) is 0 Å². The van der Waals surface area contributed by atoms with E-state index in [0.29, 0.717) is 11.7 Å². The second-order valence-electron chi connectivity index (χ2n) is 3.72. The molecule has 0 saturated carbocycles. The first-order valence-electron chi connectivity index (χ1n) is 5.46. The van der Waals surface area contributed by atoms with Crippen molar-refractivity contribution >= 4 is 0 Å². The molecule has 1 heterocycles. The van der Waals surface area contributed by atoms with Gasteiger partial charge in [-0.1, -0.05) is 48.8 Å². The Labute approximate surface area is 94.5 Å². The summed E-state index contributed by atoms with van der Waals surface area (Å²) in [5.74, 6) is 1.11. The van der Waals surface area contributed by atoms with Crippen molar-refractivity contribution in [1.82, 2.24) is 10.1 Å². The SMILES string of the molecule is CCC[C@@H](N)c1nc(-c2ccccc2)no1. The molecule has 0 amide bonds. The Morgan fingerprint density at radius 2 is 2.06 bits per heavy atom. The highest BCUT2D eigenvalue weighted by molar-refractivity contribution is 5.53. The fourth-order valence-electron chi connectivity index (χ4n) is 1.52. The van der Waals surface area contributed by atoms with Gasteiger partial charge in [-0.2, -0.15) is 4.98 Å². The number of benzene rings is 1. The molecule has 0 unspecified atom stereocenters. The summed E-state index contributed by atoms with van der Waals surface area (Å²) in [4.78, 5) is 4.30. The van der Waals surface area contributed by atoms with E-state index in [2.05, 4.69) is 17.1 Å². The van der Waals surface area contributed by atoms with Crippen LogP contribution in [0.15, 0.2) is 34.9 Å². The van der Waals surface area contributed by atoms with E-state index in [1.54, 1.807) is 0 Å². The van der Waals surface area contributed by atoms with Gasteiger partial charge in [-0.05, 0) is 6.42 Å². The minimum absolute atomic E-state index is 0.157. The molecule has 1 aromatic heterocycles. The van der Waals surface area contributed by atoms with Gasteiger partial charge in [-0.15, -0.1) is 0 Å². The van der Waals surface area contributed by atoms with Crippen molar-refractivity contribution < 1.29 is 4.52 Å². The van der Waals surface area contributed by atoms with E-state index in [9.17, 15) is 0 Å². The average molecular weight is 217 g/mol. The number of nitrogens with zero attached hydrogens (tertiary/aromatic N) is 2. The maximum atomic E-state index is 5.90. The Morgan fingerprint density at radius 1 is 1.31 bits per heavy atom. The summed E-state index contributed by atoms with van der Waals surface area (Å²) in [6.07, 6.45) is 1.86. The van der Waals surface area contributed by atoms with Crippen LogP contribution in [-0.2, 0) is 0 Å². The first-order valence-corrected chi connectivity index (χ1v) is 5.46. The quantitative estimate of drug-likeness (QED) is 0.854. The van der Waals surface area contributed by atoms with E-state index < -0.39 is 0 Å².